The second-order valence-electron chi connectivity index (χ2n) is 5.16. The van der Waals surface area contributed by atoms with Crippen LogP contribution in [0.5, 0.6) is 5.88 Å². The van der Waals surface area contributed by atoms with Crippen molar-refractivity contribution in [3.8, 4) is 11.9 Å². The number of para-hydroxylation sites is 1. The molecule has 0 radical (unpaired) electrons. The van der Waals surface area contributed by atoms with Crippen LogP contribution in [-0.2, 0) is 6.54 Å². The number of nitrogens with one attached hydrogen (secondary N) is 1. The van der Waals surface area contributed by atoms with Gasteiger partial charge >= 0.3 is 0 Å². The van der Waals surface area contributed by atoms with Crippen LogP contribution in [0.3, 0.4) is 0 Å². The summed E-state index contributed by atoms with van der Waals surface area (Å²) in [6.07, 6.45) is 3.30. The highest BCUT2D eigenvalue weighted by Crippen LogP contribution is 2.28. The molecule has 1 N–H and O–H groups in total. The third-order valence-corrected chi connectivity index (χ3v) is 3.72. The van der Waals surface area contributed by atoms with Gasteiger partial charge in [-0.3, -0.25) is 4.98 Å². The number of anilines is 1. The molecule has 0 aliphatic carbocycles. The van der Waals surface area contributed by atoms with Crippen LogP contribution in [0.1, 0.15) is 16.7 Å². The number of ether oxygens (including phenoxy) is 1. The Morgan fingerprint density at radius 2 is 2.09 bits per heavy atom. The molecule has 0 saturated carbocycles. The van der Waals surface area contributed by atoms with Crippen molar-refractivity contribution in [1.29, 1.82) is 5.26 Å². The van der Waals surface area contributed by atoms with Gasteiger partial charge in [-0.1, -0.05) is 24.3 Å². The fraction of sp³-hybridized carbons (Fsp3) is 0.167. The summed E-state index contributed by atoms with van der Waals surface area (Å²) in [5, 5.41) is 13.7. The maximum absolute atomic E-state index is 9.38. The molecule has 5 nitrogen and oxygen atoms in total. The minimum Gasteiger partial charge on any atom is -0.481 e. The van der Waals surface area contributed by atoms with Crippen molar-refractivity contribution < 1.29 is 4.74 Å². The fourth-order valence-electron chi connectivity index (χ4n) is 2.57. The zero-order valence-corrected chi connectivity index (χ0v) is 13.0. The van der Waals surface area contributed by atoms with Gasteiger partial charge in [-0.25, -0.2) is 4.98 Å². The van der Waals surface area contributed by atoms with Crippen molar-refractivity contribution in [1.82, 2.24) is 9.97 Å². The van der Waals surface area contributed by atoms with Gasteiger partial charge in [0.1, 0.15) is 6.07 Å². The average molecular weight is 304 g/mol. The first-order valence-corrected chi connectivity index (χ1v) is 7.24. The highest BCUT2D eigenvalue weighted by atomic mass is 16.5. The molecule has 0 aliphatic heterocycles. The monoisotopic (exact) mass is 304 g/mol. The Morgan fingerprint density at radius 3 is 2.87 bits per heavy atom. The number of aromatic nitrogens is 2. The summed E-state index contributed by atoms with van der Waals surface area (Å²) in [6.45, 7) is 2.52. The van der Waals surface area contributed by atoms with Crippen LogP contribution in [0, 0.1) is 18.3 Å². The molecular formula is C18H16N4O. The van der Waals surface area contributed by atoms with Crippen LogP contribution in [0.25, 0.3) is 10.9 Å². The van der Waals surface area contributed by atoms with Gasteiger partial charge in [-0.05, 0) is 18.6 Å². The fourth-order valence-corrected chi connectivity index (χ4v) is 2.57. The molecule has 3 aromatic rings. The molecule has 0 aliphatic rings. The molecule has 0 saturated heterocycles. The molecule has 0 amide bonds. The quantitative estimate of drug-likeness (QED) is 0.799. The summed E-state index contributed by atoms with van der Waals surface area (Å²) in [5.74, 6) is 0.577. The van der Waals surface area contributed by atoms with Crippen LogP contribution >= 0.6 is 0 Å². The lowest BCUT2D eigenvalue weighted by molar-refractivity contribution is 0.393. The first kappa shape index (κ1) is 14.8. The smallest absolute Gasteiger partial charge is 0.218 e. The number of rotatable bonds is 4. The molecule has 2 aromatic heterocycles. The normalized spacial score (nSPS) is 10.3. The standard InChI is InChI=1S/C18H16N4O/c1-12-5-3-7-15-16(12)21-11-14(9-19)17(15)22-10-13-6-4-8-20-18(13)23-2/h3-8,11H,10H2,1-2H3,(H,21,22). The number of hydrogen-bond acceptors (Lipinski definition) is 5. The molecule has 5 heteroatoms. The third-order valence-electron chi connectivity index (χ3n) is 3.72. The topological polar surface area (TPSA) is 70.8 Å². The molecule has 0 atom stereocenters. The van der Waals surface area contributed by atoms with E-state index in [2.05, 4.69) is 21.4 Å². The number of aryl methyl sites for hydroxylation is 1. The van der Waals surface area contributed by atoms with Gasteiger partial charge < -0.3 is 10.1 Å². The lowest BCUT2D eigenvalue weighted by Crippen LogP contribution is -2.05. The summed E-state index contributed by atoms with van der Waals surface area (Å²) in [6, 6.07) is 12.0. The second-order valence-corrected chi connectivity index (χ2v) is 5.16. The van der Waals surface area contributed by atoms with Crippen LogP contribution in [-0.4, -0.2) is 17.1 Å². The van der Waals surface area contributed by atoms with E-state index in [0.717, 1.165) is 27.7 Å². The summed E-state index contributed by atoms with van der Waals surface area (Å²) in [5.41, 5.74) is 4.20. The van der Waals surface area contributed by atoms with Gasteiger partial charge in [-0.2, -0.15) is 5.26 Å². The molecular weight excluding hydrogens is 288 g/mol. The van der Waals surface area contributed by atoms with Crippen molar-refractivity contribution in [3.63, 3.8) is 0 Å². The third kappa shape index (κ3) is 2.79. The Morgan fingerprint density at radius 1 is 1.22 bits per heavy atom. The van der Waals surface area contributed by atoms with E-state index >= 15 is 0 Å². The first-order chi connectivity index (χ1) is 11.2. The molecule has 3 rings (SSSR count). The van der Waals surface area contributed by atoms with E-state index in [0.29, 0.717) is 18.0 Å². The second kappa shape index (κ2) is 6.32. The lowest BCUT2D eigenvalue weighted by Gasteiger charge is -2.13. The number of pyridine rings is 2. The summed E-state index contributed by atoms with van der Waals surface area (Å²) in [7, 11) is 1.59. The van der Waals surface area contributed by atoms with Crippen molar-refractivity contribution in [3.05, 3.63) is 59.4 Å². The molecule has 0 unspecified atom stereocenters. The molecule has 0 bridgehead atoms. The zero-order valence-electron chi connectivity index (χ0n) is 13.0. The molecule has 114 valence electrons. The van der Waals surface area contributed by atoms with E-state index in [-0.39, 0.29) is 0 Å². The average Bonchev–Trinajstić information content (AvgIpc) is 2.60. The van der Waals surface area contributed by atoms with E-state index in [1.54, 1.807) is 19.5 Å². The number of methoxy groups -OCH3 is 1. The first-order valence-electron chi connectivity index (χ1n) is 7.24. The van der Waals surface area contributed by atoms with Crippen LogP contribution < -0.4 is 10.1 Å². The van der Waals surface area contributed by atoms with Crippen molar-refractivity contribution in [2.75, 3.05) is 12.4 Å². The Labute approximate surface area is 134 Å². The Kier molecular flexibility index (Phi) is 4.07. The lowest BCUT2D eigenvalue weighted by atomic mass is 10.1. The summed E-state index contributed by atoms with van der Waals surface area (Å²) in [4.78, 5) is 8.59. The zero-order chi connectivity index (χ0) is 16.2. The van der Waals surface area contributed by atoms with Gasteiger partial charge in [0, 0.05) is 29.9 Å². The highest BCUT2D eigenvalue weighted by molar-refractivity contribution is 5.95. The molecule has 0 fully saturated rings. The van der Waals surface area contributed by atoms with E-state index < -0.39 is 0 Å². The van der Waals surface area contributed by atoms with Gasteiger partial charge in [0.15, 0.2) is 0 Å². The molecule has 23 heavy (non-hydrogen) atoms. The summed E-state index contributed by atoms with van der Waals surface area (Å²) >= 11 is 0. The Balaban J connectivity index is 2.02. The maximum Gasteiger partial charge on any atom is 0.218 e. The van der Waals surface area contributed by atoms with Crippen LogP contribution in [0.2, 0.25) is 0 Å². The molecule has 1 aromatic carbocycles. The van der Waals surface area contributed by atoms with Crippen LogP contribution in [0.4, 0.5) is 5.69 Å². The number of benzene rings is 1. The molecule has 2 heterocycles. The predicted octanol–water partition coefficient (Wildman–Crippen LogP) is 3.43. The maximum atomic E-state index is 9.38. The number of hydrogen-bond donors (Lipinski definition) is 1. The number of fused-ring (bicyclic) bond motifs is 1. The van der Waals surface area contributed by atoms with Gasteiger partial charge in [0.2, 0.25) is 5.88 Å². The highest BCUT2D eigenvalue weighted by Gasteiger charge is 2.11. The van der Waals surface area contributed by atoms with E-state index in [4.69, 9.17) is 4.74 Å². The SMILES string of the molecule is COc1ncccc1CNc1c(C#N)cnc2c(C)cccc12. The van der Waals surface area contributed by atoms with E-state index in [9.17, 15) is 5.26 Å². The predicted molar refractivity (Wildman–Crippen MR) is 89.3 cm³/mol. The van der Waals surface area contributed by atoms with Crippen molar-refractivity contribution in [2.24, 2.45) is 0 Å². The minimum atomic E-state index is 0.513. The van der Waals surface area contributed by atoms with Gasteiger partial charge in [0.05, 0.1) is 23.9 Å². The largest absolute Gasteiger partial charge is 0.481 e. The summed E-state index contributed by atoms with van der Waals surface area (Å²) < 4.78 is 5.27. The Hall–Kier alpha value is -3.13. The number of nitriles is 1. The minimum absolute atomic E-state index is 0.513. The van der Waals surface area contributed by atoms with E-state index in [1.807, 2.05) is 37.3 Å². The van der Waals surface area contributed by atoms with E-state index in [1.165, 1.54) is 0 Å². The van der Waals surface area contributed by atoms with Crippen molar-refractivity contribution in [2.45, 2.75) is 13.5 Å². The number of nitrogens with zero attached hydrogens (tertiary/aromatic N) is 3. The molecule has 0 spiro atoms. The van der Waals surface area contributed by atoms with Gasteiger partial charge in [-0.15, -0.1) is 0 Å². The Bertz CT molecular complexity index is 899. The van der Waals surface area contributed by atoms with Crippen molar-refractivity contribution >= 4 is 16.6 Å². The van der Waals surface area contributed by atoms with Crippen LogP contribution in [0.15, 0.2) is 42.7 Å². The van der Waals surface area contributed by atoms with Gasteiger partial charge in [0.25, 0.3) is 0 Å².